The molecule has 0 aromatic heterocycles. The molecule has 0 unspecified atom stereocenters. The molecule has 1 N–H and O–H groups in total. The molecule has 0 spiro atoms. The molecule has 0 aliphatic rings. The summed E-state index contributed by atoms with van der Waals surface area (Å²) in [7, 11) is -3.91. The van der Waals surface area contributed by atoms with Gasteiger partial charge in [0.05, 0.1) is 11.9 Å². The molecule has 1 atom stereocenters. The van der Waals surface area contributed by atoms with Gasteiger partial charge in [-0.15, -0.1) is 0 Å². The molecule has 0 aliphatic carbocycles. The third-order valence-corrected chi connectivity index (χ3v) is 6.22. The largest absolute Gasteiger partial charge is 0.352 e. The average Bonchev–Trinajstić information content (AvgIpc) is 2.75. The van der Waals surface area contributed by atoms with Gasteiger partial charge >= 0.3 is 0 Å². The number of ketones is 1. The van der Waals surface area contributed by atoms with E-state index in [0.717, 1.165) is 10.6 Å². The number of hydrogen-bond acceptors (Lipinski definition) is 5. The van der Waals surface area contributed by atoms with Crippen LogP contribution in [0.1, 0.15) is 43.6 Å². The molecule has 34 heavy (non-hydrogen) atoms. The maximum Gasteiger partial charge on any atom is 0.244 e. The van der Waals surface area contributed by atoms with Crippen molar-refractivity contribution < 1.29 is 27.2 Å². The highest BCUT2D eigenvalue weighted by Gasteiger charge is 2.30. The quantitative estimate of drug-likeness (QED) is 0.515. The van der Waals surface area contributed by atoms with E-state index in [1.54, 1.807) is 26.8 Å². The molecule has 0 radical (unpaired) electrons. The minimum atomic E-state index is -3.91. The van der Waals surface area contributed by atoms with Gasteiger partial charge < -0.3 is 10.2 Å². The first-order valence-corrected chi connectivity index (χ1v) is 12.6. The van der Waals surface area contributed by atoms with E-state index < -0.39 is 40.2 Å². The first kappa shape index (κ1) is 27.0. The lowest BCUT2D eigenvalue weighted by atomic mass is 10.1. The molecular formula is C24H30FN3O5S. The van der Waals surface area contributed by atoms with Crippen molar-refractivity contribution in [2.75, 3.05) is 17.1 Å². The van der Waals surface area contributed by atoms with E-state index in [9.17, 15) is 27.2 Å². The lowest BCUT2D eigenvalue weighted by Gasteiger charge is -2.32. The van der Waals surface area contributed by atoms with Gasteiger partial charge in [-0.2, -0.15) is 0 Å². The minimum Gasteiger partial charge on any atom is -0.352 e. The Morgan fingerprint density at radius 2 is 1.65 bits per heavy atom. The smallest absolute Gasteiger partial charge is 0.244 e. The molecule has 184 valence electrons. The summed E-state index contributed by atoms with van der Waals surface area (Å²) in [5.74, 6) is -1.73. The van der Waals surface area contributed by atoms with E-state index in [-0.39, 0.29) is 24.1 Å². The topological polar surface area (TPSA) is 104 Å². The monoisotopic (exact) mass is 491 g/mol. The summed E-state index contributed by atoms with van der Waals surface area (Å²) in [4.78, 5) is 39.1. The highest BCUT2D eigenvalue weighted by molar-refractivity contribution is 7.92. The predicted octanol–water partition coefficient (Wildman–Crippen LogP) is 2.74. The zero-order valence-corrected chi connectivity index (χ0v) is 20.7. The maximum atomic E-state index is 13.4. The van der Waals surface area contributed by atoms with Gasteiger partial charge in [-0.3, -0.25) is 18.7 Å². The summed E-state index contributed by atoms with van der Waals surface area (Å²) in [5.41, 5.74) is 1.03. The standard InChI is InChI=1S/C24H30FN3O5S/c1-16(2)26-24(31)17(3)27(14-19-9-11-21(25)12-10-19)23(30)15-28(34(5,32)33)22-8-6-7-20(13-22)18(4)29/h6-13,16-17H,14-15H2,1-5H3,(H,26,31)/t17-/m1/s1. The number of nitrogens with one attached hydrogen (secondary N) is 1. The zero-order chi connectivity index (χ0) is 25.6. The van der Waals surface area contributed by atoms with Gasteiger partial charge in [-0.1, -0.05) is 24.3 Å². The number of sulfonamides is 1. The van der Waals surface area contributed by atoms with Crippen LogP contribution in [0.4, 0.5) is 10.1 Å². The molecule has 2 amide bonds. The second-order valence-corrected chi connectivity index (χ2v) is 10.3. The van der Waals surface area contributed by atoms with Gasteiger partial charge in [0.25, 0.3) is 0 Å². The molecule has 2 rings (SSSR count). The van der Waals surface area contributed by atoms with Crippen molar-refractivity contribution >= 4 is 33.3 Å². The van der Waals surface area contributed by atoms with Gasteiger partial charge in [0, 0.05) is 18.2 Å². The van der Waals surface area contributed by atoms with Crippen molar-refractivity contribution in [3.63, 3.8) is 0 Å². The predicted molar refractivity (Wildman–Crippen MR) is 128 cm³/mol. The van der Waals surface area contributed by atoms with Gasteiger partial charge in [0.15, 0.2) is 5.78 Å². The number of nitrogens with zero attached hydrogens (tertiary/aromatic N) is 2. The van der Waals surface area contributed by atoms with E-state index in [4.69, 9.17) is 0 Å². The van der Waals surface area contributed by atoms with Crippen LogP contribution in [-0.2, 0) is 26.2 Å². The Kier molecular flexibility index (Phi) is 8.92. The van der Waals surface area contributed by atoms with Crippen LogP contribution < -0.4 is 9.62 Å². The molecule has 8 nitrogen and oxygen atoms in total. The fourth-order valence-electron chi connectivity index (χ4n) is 3.27. The second kappa shape index (κ2) is 11.2. The highest BCUT2D eigenvalue weighted by Crippen LogP contribution is 2.21. The first-order valence-electron chi connectivity index (χ1n) is 10.7. The Balaban J connectivity index is 2.42. The lowest BCUT2D eigenvalue weighted by molar-refractivity contribution is -0.139. The van der Waals surface area contributed by atoms with Crippen LogP contribution >= 0.6 is 0 Å². The second-order valence-electron chi connectivity index (χ2n) is 8.36. The first-order chi connectivity index (χ1) is 15.8. The summed E-state index contributed by atoms with van der Waals surface area (Å²) >= 11 is 0. The number of Topliss-reactive ketones (excluding diaryl/α,β-unsaturated/α-hetero) is 1. The van der Waals surface area contributed by atoms with Gasteiger partial charge in [0.2, 0.25) is 21.8 Å². The van der Waals surface area contributed by atoms with Crippen molar-refractivity contribution in [2.45, 2.75) is 46.3 Å². The molecule has 0 bridgehead atoms. The van der Waals surface area contributed by atoms with Crippen molar-refractivity contribution in [1.82, 2.24) is 10.2 Å². The molecule has 0 fully saturated rings. The molecule has 0 saturated heterocycles. The summed E-state index contributed by atoms with van der Waals surface area (Å²) in [6.45, 7) is 5.85. The van der Waals surface area contributed by atoms with Crippen LogP contribution in [0.15, 0.2) is 48.5 Å². The molecule has 0 aliphatic heterocycles. The van der Waals surface area contributed by atoms with Crippen LogP contribution in [0.2, 0.25) is 0 Å². The van der Waals surface area contributed by atoms with Crippen LogP contribution in [-0.4, -0.2) is 55.8 Å². The third kappa shape index (κ3) is 7.38. The normalized spacial score (nSPS) is 12.2. The molecule has 2 aromatic carbocycles. The number of hydrogen-bond donors (Lipinski definition) is 1. The lowest BCUT2D eigenvalue weighted by Crippen LogP contribution is -2.52. The number of anilines is 1. The van der Waals surface area contributed by atoms with Crippen molar-refractivity contribution in [2.24, 2.45) is 0 Å². The Bertz CT molecular complexity index is 1150. The number of carbonyl (C=O) groups excluding carboxylic acids is 3. The number of amides is 2. The van der Waals surface area contributed by atoms with Crippen LogP contribution in [0.5, 0.6) is 0 Å². The summed E-state index contributed by atoms with van der Waals surface area (Å²) in [6.07, 6.45) is 0.958. The molecule has 10 heteroatoms. The Morgan fingerprint density at radius 1 is 1.03 bits per heavy atom. The maximum absolute atomic E-state index is 13.4. The van der Waals surface area contributed by atoms with E-state index in [1.165, 1.54) is 54.3 Å². The molecule has 2 aromatic rings. The minimum absolute atomic E-state index is 0.0309. The third-order valence-electron chi connectivity index (χ3n) is 5.08. The fraction of sp³-hybridized carbons (Fsp3) is 0.375. The van der Waals surface area contributed by atoms with Crippen molar-refractivity contribution in [3.05, 3.63) is 65.5 Å². The number of benzene rings is 2. The average molecular weight is 492 g/mol. The van der Waals surface area contributed by atoms with Crippen molar-refractivity contribution in [3.8, 4) is 0 Å². The molecule has 0 heterocycles. The van der Waals surface area contributed by atoms with Crippen LogP contribution in [0.25, 0.3) is 0 Å². The van der Waals surface area contributed by atoms with E-state index in [1.807, 2.05) is 0 Å². The van der Waals surface area contributed by atoms with E-state index in [0.29, 0.717) is 11.1 Å². The highest BCUT2D eigenvalue weighted by atomic mass is 32.2. The number of halogens is 1. The van der Waals surface area contributed by atoms with Crippen LogP contribution in [0.3, 0.4) is 0 Å². The van der Waals surface area contributed by atoms with E-state index >= 15 is 0 Å². The summed E-state index contributed by atoms with van der Waals surface area (Å²) in [6, 6.07) is 10.3. The summed E-state index contributed by atoms with van der Waals surface area (Å²) < 4.78 is 39.4. The molecule has 0 saturated carbocycles. The van der Waals surface area contributed by atoms with Gasteiger partial charge in [-0.05, 0) is 57.5 Å². The summed E-state index contributed by atoms with van der Waals surface area (Å²) in [5, 5.41) is 2.75. The Labute approximate surface area is 199 Å². The Hall–Kier alpha value is -3.27. The van der Waals surface area contributed by atoms with Gasteiger partial charge in [0.1, 0.15) is 18.4 Å². The van der Waals surface area contributed by atoms with Crippen molar-refractivity contribution in [1.29, 1.82) is 0 Å². The fourth-order valence-corrected chi connectivity index (χ4v) is 4.11. The Morgan fingerprint density at radius 3 is 2.18 bits per heavy atom. The van der Waals surface area contributed by atoms with E-state index in [2.05, 4.69) is 5.32 Å². The zero-order valence-electron chi connectivity index (χ0n) is 19.9. The SMILES string of the molecule is CC(=O)c1cccc(N(CC(=O)N(Cc2ccc(F)cc2)[C@H](C)C(=O)NC(C)C)S(C)(=O)=O)c1. The number of rotatable bonds is 10. The van der Waals surface area contributed by atoms with Gasteiger partial charge in [-0.25, -0.2) is 12.8 Å². The molecular weight excluding hydrogens is 461 g/mol. The number of carbonyl (C=O) groups is 3. The van der Waals surface area contributed by atoms with Crippen LogP contribution in [0, 0.1) is 5.82 Å².